The summed E-state index contributed by atoms with van der Waals surface area (Å²) in [4.78, 5) is 4.44. The lowest BCUT2D eigenvalue weighted by Gasteiger charge is -2.13. The number of benzene rings is 1. The van der Waals surface area contributed by atoms with Gasteiger partial charge in [-0.05, 0) is 13.0 Å². The number of hydrogen-bond donors (Lipinski definition) is 2. The molecule has 12 heteroatoms. The van der Waals surface area contributed by atoms with Gasteiger partial charge >= 0.3 is 6.61 Å². The van der Waals surface area contributed by atoms with Crippen LogP contribution in [0.25, 0.3) is 0 Å². The zero-order valence-corrected chi connectivity index (χ0v) is 18.9. The lowest BCUT2D eigenvalue weighted by molar-refractivity contribution is -0.0505. The molecule has 0 amide bonds. The van der Waals surface area contributed by atoms with Gasteiger partial charge in [0, 0.05) is 25.2 Å². The predicted molar refractivity (Wildman–Crippen MR) is 117 cm³/mol. The minimum Gasteiger partial charge on any atom is -0.454 e. The Hall–Kier alpha value is -2.64. The maximum Gasteiger partial charge on any atom is 0.387 e. The van der Waals surface area contributed by atoms with Crippen LogP contribution in [0, 0.1) is 6.92 Å². The molecule has 1 aliphatic rings. The number of aromatic nitrogens is 3. The minimum absolute atomic E-state index is 0. The van der Waals surface area contributed by atoms with Gasteiger partial charge < -0.3 is 29.4 Å². The molecule has 0 aliphatic carbocycles. The lowest BCUT2D eigenvalue weighted by atomic mass is 10.1. The van der Waals surface area contributed by atoms with E-state index in [0.29, 0.717) is 36.1 Å². The average Bonchev–Trinajstić information content (AvgIpc) is 3.27. The maximum absolute atomic E-state index is 12.8. The van der Waals surface area contributed by atoms with Crippen molar-refractivity contribution in [2.75, 3.05) is 13.3 Å². The summed E-state index contributed by atoms with van der Waals surface area (Å²) in [5.41, 5.74) is 0.434. The normalized spacial score (nSPS) is 12.5. The number of ether oxygens (including phenoxy) is 3. The molecule has 1 aromatic heterocycles. The van der Waals surface area contributed by atoms with Crippen molar-refractivity contribution in [1.82, 2.24) is 25.4 Å². The Morgan fingerprint density at radius 3 is 2.70 bits per heavy atom. The predicted octanol–water partition coefficient (Wildman–Crippen LogP) is 2.49. The highest BCUT2D eigenvalue weighted by Gasteiger charge is 2.20. The highest BCUT2D eigenvalue weighted by atomic mass is 127. The maximum atomic E-state index is 12.8. The topological polar surface area (TPSA) is 94.8 Å². The van der Waals surface area contributed by atoms with Crippen LogP contribution in [0.4, 0.5) is 8.78 Å². The van der Waals surface area contributed by atoms with Crippen LogP contribution in [0.5, 0.6) is 17.2 Å². The van der Waals surface area contributed by atoms with E-state index in [4.69, 9.17) is 9.47 Å². The molecule has 1 aromatic carbocycles. The van der Waals surface area contributed by atoms with Crippen LogP contribution in [-0.2, 0) is 20.1 Å². The van der Waals surface area contributed by atoms with Gasteiger partial charge in [0.1, 0.15) is 11.6 Å². The van der Waals surface area contributed by atoms with Gasteiger partial charge in [-0.25, -0.2) is 4.99 Å². The number of guanidine groups is 1. The van der Waals surface area contributed by atoms with Gasteiger partial charge in [-0.15, -0.1) is 40.8 Å². The molecule has 3 rings (SSSR count). The van der Waals surface area contributed by atoms with Crippen molar-refractivity contribution in [3.63, 3.8) is 0 Å². The third-order valence-electron chi connectivity index (χ3n) is 4.19. The van der Waals surface area contributed by atoms with Crippen LogP contribution in [0.2, 0.25) is 0 Å². The molecule has 0 saturated heterocycles. The number of aryl methyl sites for hydroxylation is 1. The Kier molecular flexibility index (Phi) is 8.62. The van der Waals surface area contributed by atoms with E-state index in [1.807, 2.05) is 18.5 Å². The van der Waals surface area contributed by atoms with Crippen molar-refractivity contribution in [2.24, 2.45) is 12.0 Å². The fourth-order valence-corrected chi connectivity index (χ4v) is 2.57. The summed E-state index contributed by atoms with van der Waals surface area (Å²) >= 11 is 0. The van der Waals surface area contributed by atoms with Crippen molar-refractivity contribution in [3.8, 4) is 17.2 Å². The summed E-state index contributed by atoms with van der Waals surface area (Å²) in [5.74, 6) is 2.76. The fourth-order valence-electron chi connectivity index (χ4n) is 2.57. The SMILES string of the molecule is C=CCNC(=NCc1cc2c(cc1OC(F)F)OCO2)NCc1nnc(C)n1C.I. The molecule has 2 aromatic rings. The largest absolute Gasteiger partial charge is 0.454 e. The lowest BCUT2D eigenvalue weighted by Crippen LogP contribution is -2.37. The first kappa shape index (κ1) is 23.6. The summed E-state index contributed by atoms with van der Waals surface area (Å²) in [6.07, 6.45) is 1.68. The van der Waals surface area contributed by atoms with Crippen molar-refractivity contribution >= 4 is 29.9 Å². The number of nitrogens with zero attached hydrogens (tertiary/aromatic N) is 4. The Morgan fingerprint density at radius 2 is 2.07 bits per heavy atom. The Morgan fingerprint density at radius 1 is 1.33 bits per heavy atom. The van der Waals surface area contributed by atoms with Crippen molar-refractivity contribution in [2.45, 2.75) is 26.6 Å². The number of aliphatic imine (C=N–C) groups is 1. The van der Waals surface area contributed by atoms with Crippen molar-refractivity contribution < 1.29 is 23.0 Å². The molecule has 9 nitrogen and oxygen atoms in total. The van der Waals surface area contributed by atoms with Crippen LogP contribution in [-0.4, -0.2) is 40.7 Å². The quantitative estimate of drug-likeness (QED) is 0.232. The van der Waals surface area contributed by atoms with E-state index in [0.717, 1.165) is 11.6 Å². The molecule has 0 bridgehead atoms. The highest BCUT2D eigenvalue weighted by molar-refractivity contribution is 14.0. The molecule has 1 aliphatic heterocycles. The Balaban J connectivity index is 0.00000320. The van der Waals surface area contributed by atoms with Crippen LogP contribution in [0.3, 0.4) is 0 Å². The zero-order valence-electron chi connectivity index (χ0n) is 16.5. The number of hydrogen-bond acceptors (Lipinski definition) is 6. The van der Waals surface area contributed by atoms with E-state index in [9.17, 15) is 8.78 Å². The molecular formula is C18H23F2IN6O3. The minimum atomic E-state index is -2.96. The van der Waals surface area contributed by atoms with E-state index < -0.39 is 6.61 Å². The van der Waals surface area contributed by atoms with Gasteiger partial charge in [0.05, 0.1) is 13.1 Å². The number of alkyl halides is 2. The van der Waals surface area contributed by atoms with Crippen molar-refractivity contribution in [1.29, 1.82) is 0 Å². The van der Waals surface area contributed by atoms with Crippen LogP contribution in [0.1, 0.15) is 17.2 Å². The average molecular weight is 536 g/mol. The molecule has 0 radical (unpaired) electrons. The molecule has 0 fully saturated rings. The summed E-state index contributed by atoms with van der Waals surface area (Å²) in [6.45, 7) is 3.50. The van der Waals surface area contributed by atoms with Crippen LogP contribution < -0.4 is 24.8 Å². The smallest absolute Gasteiger partial charge is 0.387 e. The third kappa shape index (κ3) is 5.93. The van der Waals surface area contributed by atoms with Gasteiger partial charge in [0.25, 0.3) is 0 Å². The first-order valence-corrected chi connectivity index (χ1v) is 8.83. The van der Waals surface area contributed by atoms with Gasteiger partial charge in [-0.2, -0.15) is 8.78 Å². The number of fused-ring (bicyclic) bond motifs is 1. The van der Waals surface area contributed by atoms with E-state index in [2.05, 4.69) is 37.1 Å². The summed E-state index contributed by atoms with van der Waals surface area (Å²) in [5, 5.41) is 14.3. The number of halogens is 3. The van der Waals surface area contributed by atoms with Gasteiger partial charge in [0.2, 0.25) is 6.79 Å². The molecule has 30 heavy (non-hydrogen) atoms. The highest BCUT2D eigenvalue weighted by Crippen LogP contribution is 2.39. The van der Waals surface area contributed by atoms with Gasteiger partial charge in [-0.1, -0.05) is 6.08 Å². The molecule has 0 saturated carbocycles. The standard InChI is InChI=1S/C18H22F2N6O3.HI/c1-4-5-21-18(23-9-16-25-24-11(2)26(16)3)22-8-12-6-14-15(28-10-27-14)7-13(12)29-17(19)20;/h4,6-7,17H,1,5,8-10H2,2-3H3,(H2,21,22,23);1H. The molecule has 2 heterocycles. The summed E-state index contributed by atoms with van der Waals surface area (Å²) < 4.78 is 42.6. The monoisotopic (exact) mass is 536 g/mol. The number of rotatable bonds is 8. The van der Waals surface area contributed by atoms with E-state index >= 15 is 0 Å². The zero-order chi connectivity index (χ0) is 20.8. The van der Waals surface area contributed by atoms with Gasteiger partial charge in [0.15, 0.2) is 23.3 Å². The Bertz CT molecular complexity index is 906. The molecule has 0 spiro atoms. The molecule has 2 N–H and O–H groups in total. The van der Waals surface area contributed by atoms with Crippen LogP contribution in [0.15, 0.2) is 29.8 Å². The van der Waals surface area contributed by atoms with E-state index in [1.165, 1.54) is 6.07 Å². The second kappa shape index (κ2) is 10.9. The third-order valence-corrected chi connectivity index (χ3v) is 4.19. The van der Waals surface area contributed by atoms with E-state index in [1.54, 1.807) is 12.1 Å². The number of nitrogens with one attached hydrogen (secondary N) is 2. The molecular weight excluding hydrogens is 513 g/mol. The Labute approximate surface area is 189 Å². The van der Waals surface area contributed by atoms with Crippen LogP contribution >= 0.6 is 24.0 Å². The first-order chi connectivity index (χ1) is 14.0. The van der Waals surface area contributed by atoms with Gasteiger partial charge in [-0.3, -0.25) is 0 Å². The second-order valence-electron chi connectivity index (χ2n) is 6.10. The molecule has 164 valence electrons. The first-order valence-electron chi connectivity index (χ1n) is 8.83. The molecule has 0 unspecified atom stereocenters. The van der Waals surface area contributed by atoms with Crippen molar-refractivity contribution in [3.05, 3.63) is 42.0 Å². The fraction of sp³-hybridized carbons (Fsp3) is 0.389. The summed E-state index contributed by atoms with van der Waals surface area (Å²) in [7, 11) is 1.86. The molecule has 0 atom stereocenters. The summed E-state index contributed by atoms with van der Waals surface area (Å²) in [6, 6.07) is 2.96. The second-order valence-corrected chi connectivity index (χ2v) is 6.10. The van der Waals surface area contributed by atoms with E-state index in [-0.39, 0.29) is 43.1 Å².